The SMILES string of the molecule is NC(=O)C1CCN(Cc2ccc(NC(=O)CCN3CCCCC3)s2)CC1. The molecule has 7 heteroatoms. The number of nitrogens with two attached hydrogens (primary N) is 1. The lowest BCUT2D eigenvalue weighted by Gasteiger charge is -2.29. The van der Waals surface area contributed by atoms with Gasteiger partial charge in [0.2, 0.25) is 11.8 Å². The number of amides is 2. The van der Waals surface area contributed by atoms with Crippen LogP contribution >= 0.6 is 11.3 Å². The number of rotatable bonds is 7. The van der Waals surface area contributed by atoms with Crippen molar-refractivity contribution in [3.8, 4) is 0 Å². The molecule has 3 heterocycles. The predicted molar refractivity (Wildman–Crippen MR) is 105 cm³/mol. The lowest BCUT2D eigenvalue weighted by atomic mass is 9.96. The van der Waals surface area contributed by atoms with Crippen molar-refractivity contribution >= 4 is 28.2 Å². The number of likely N-dealkylation sites (tertiary alicyclic amines) is 2. The summed E-state index contributed by atoms with van der Waals surface area (Å²) in [5.74, 6) is -0.0362. The van der Waals surface area contributed by atoms with E-state index < -0.39 is 0 Å². The van der Waals surface area contributed by atoms with Crippen LogP contribution in [0.15, 0.2) is 12.1 Å². The number of thiophene rings is 1. The van der Waals surface area contributed by atoms with Gasteiger partial charge in [-0.05, 0) is 64.0 Å². The van der Waals surface area contributed by atoms with Gasteiger partial charge in [-0.15, -0.1) is 11.3 Å². The molecule has 0 saturated carbocycles. The monoisotopic (exact) mass is 378 g/mol. The summed E-state index contributed by atoms with van der Waals surface area (Å²) < 4.78 is 0. The van der Waals surface area contributed by atoms with Gasteiger partial charge in [0.1, 0.15) is 0 Å². The van der Waals surface area contributed by atoms with Gasteiger partial charge in [-0.3, -0.25) is 14.5 Å². The summed E-state index contributed by atoms with van der Waals surface area (Å²) >= 11 is 1.64. The van der Waals surface area contributed by atoms with Gasteiger partial charge in [-0.2, -0.15) is 0 Å². The molecule has 2 fully saturated rings. The minimum Gasteiger partial charge on any atom is -0.369 e. The summed E-state index contributed by atoms with van der Waals surface area (Å²) in [5, 5.41) is 3.96. The molecule has 2 saturated heterocycles. The smallest absolute Gasteiger partial charge is 0.226 e. The maximum atomic E-state index is 12.2. The van der Waals surface area contributed by atoms with Gasteiger partial charge in [-0.1, -0.05) is 6.42 Å². The Labute approximate surface area is 159 Å². The Hall–Kier alpha value is -1.44. The molecule has 3 rings (SSSR count). The second-order valence-corrected chi connectivity index (χ2v) is 8.59. The van der Waals surface area contributed by atoms with Crippen LogP contribution in [-0.2, 0) is 16.1 Å². The summed E-state index contributed by atoms with van der Waals surface area (Å²) in [6, 6.07) is 4.08. The summed E-state index contributed by atoms with van der Waals surface area (Å²) in [6.07, 6.45) is 6.09. The minimum absolute atomic E-state index is 0.0318. The normalized spacial score (nSPS) is 20.2. The Morgan fingerprint density at radius 3 is 2.50 bits per heavy atom. The fourth-order valence-corrected chi connectivity index (χ4v) is 4.74. The van der Waals surface area contributed by atoms with Crippen LogP contribution in [0.2, 0.25) is 0 Å². The summed E-state index contributed by atoms with van der Waals surface area (Å²) in [6.45, 7) is 5.80. The number of nitrogens with zero attached hydrogens (tertiary/aromatic N) is 2. The molecule has 144 valence electrons. The quantitative estimate of drug-likeness (QED) is 0.763. The number of hydrogen-bond acceptors (Lipinski definition) is 5. The molecule has 2 aliphatic heterocycles. The third kappa shape index (κ3) is 5.79. The maximum Gasteiger partial charge on any atom is 0.226 e. The zero-order chi connectivity index (χ0) is 18.4. The van der Waals surface area contributed by atoms with E-state index in [9.17, 15) is 9.59 Å². The molecule has 2 amide bonds. The molecule has 0 bridgehead atoms. The number of anilines is 1. The molecule has 6 nitrogen and oxygen atoms in total. The van der Waals surface area contributed by atoms with Crippen LogP contribution in [0.4, 0.5) is 5.00 Å². The molecule has 1 aromatic rings. The van der Waals surface area contributed by atoms with Gasteiger partial charge < -0.3 is 16.0 Å². The molecule has 0 spiro atoms. The topological polar surface area (TPSA) is 78.7 Å². The molecule has 2 aliphatic rings. The highest BCUT2D eigenvalue weighted by atomic mass is 32.1. The number of piperidine rings is 2. The van der Waals surface area contributed by atoms with E-state index in [4.69, 9.17) is 5.73 Å². The highest BCUT2D eigenvalue weighted by Crippen LogP contribution is 2.25. The number of hydrogen-bond donors (Lipinski definition) is 2. The molecule has 0 aromatic carbocycles. The first kappa shape index (κ1) is 19.3. The molecule has 26 heavy (non-hydrogen) atoms. The highest BCUT2D eigenvalue weighted by Gasteiger charge is 2.23. The number of primary amides is 1. The van der Waals surface area contributed by atoms with Crippen LogP contribution in [0.1, 0.15) is 43.4 Å². The maximum absolute atomic E-state index is 12.2. The average Bonchev–Trinajstić information content (AvgIpc) is 3.08. The summed E-state index contributed by atoms with van der Waals surface area (Å²) in [7, 11) is 0. The Morgan fingerprint density at radius 2 is 1.81 bits per heavy atom. The minimum atomic E-state index is -0.171. The van der Waals surface area contributed by atoms with Crippen LogP contribution in [0, 0.1) is 5.92 Å². The van der Waals surface area contributed by atoms with Crippen LogP contribution in [0.3, 0.4) is 0 Å². The number of nitrogens with one attached hydrogen (secondary N) is 1. The average molecular weight is 379 g/mol. The van der Waals surface area contributed by atoms with E-state index in [1.54, 1.807) is 11.3 Å². The van der Waals surface area contributed by atoms with Crippen LogP contribution in [0.5, 0.6) is 0 Å². The third-order valence-electron chi connectivity index (χ3n) is 5.40. The molecule has 3 N–H and O–H groups in total. The van der Waals surface area contributed by atoms with E-state index in [1.165, 1.54) is 24.1 Å². The van der Waals surface area contributed by atoms with Crippen LogP contribution in [0.25, 0.3) is 0 Å². The zero-order valence-corrected chi connectivity index (χ0v) is 16.2. The van der Waals surface area contributed by atoms with Crippen molar-refractivity contribution in [3.05, 3.63) is 17.0 Å². The molecular formula is C19H30N4O2S. The first-order valence-electron chi connectivity index (χ1n) is 9.73. The van der Waals surface area contributed by atoms with Gasteiger partial charge in [0, 0.05) is 30.3 Å². The van der Waals surface area contributed by atoms with Crippen LogP contribution in [-0.4, -0.2) is 54.3 Å². The van der Waals surface area contributed by atoms with E-state index in [-0.39, 0.29) is 17.7 Å². The predicted octanol–water partition coefficient (Wildman–Crippen LogP) is 2.26. The molecule has 1 aromatic heterocycles. The summed E-state index contributed by atoms with van der Waals surface area (Å²) in [5.41, 5.74) is 5.39. The van der Waals surface area contributed by atoms with Gasteiger partial charge in [0.25, 0.3) is 0 Å². The van der Waals surface area contributed by atoms with E-state index >= 15 is 0 Å². The second-order valence-electron chi connectivity index (χ2n) is 7.42. The molecular weight excluding hydrogens is 348 g/mol. The van der Waals surface area contributed by atoms with Crippen molar-refractivity contribution in [2.75, 3.05) is 38.0 Å². The van der Waals surface area contributed by atoms with Crippen LogP contribution < -0.4 is 11.1 Å². The molecule has 0 aliphatic carbocycles. The zero-order valence-electron chi connectivity index (χ0n) is 15.4. The fraction of sp³-hybridized carbons (Fsp3) is 0.684. The second kappa shape index (κ2) is 9.48. The van der Waals surface area contributed by atoms with Crippen molar-refractivity contribution < 1.29 is 9.59 Å². The molecule has 0 unspecified atom stereocenters. The Kier molecular flexibility index (Phi) is 7.05. The van der Waals surface area contributed by atoms with E-state index in [0.717, 1.165) is 57.1 Å². The van der Waals surface area contributed by atoms with Crippen molar-refractivity contribution in [1.29, 1.82) is 0 Å². The van der Waals surface area contributed by atoms with Gasteiger partial charge in [0.05, 0.1) is 5.00 Å². The van der Waals surface area contributed by atoms with Crippen molar-refractivity contribution in [2.24, 2.45) is 11.7 Å². The number of carbonyl (C=O) groups excluding carboxylic acids is 2. The van der Waals surface area contributed by atoms with Crippen molar-refractivity contribution in [3.63, 3.8) is 0 Å². The standard InChI is InChI=1S/C19H30N4O2S/c20-19(25)15-6-11-23(12-7-15)14-16-4-5-18(26-16)21-17(24)8-13-22-9-2-1-3-10-22/h4-5,15H,1-3,6-14H2,(H2,20,25)(H,21,24). The first-order valence-corrected chi connectivity index (χ1v) is 10.5. The van der Waals surface area contributed by atoms with Gasteiger partial charge >= 0.3 is 0 Å². The van der Waals surface area contributed by atoms with Crippen molar-refractivity contribution in [1.82, 2.24) is 9.80 Å². The Bertz CT molecular complexity index is 604. The third-order valence-corrected chi connectivity index (χ3v) is 6.38. The molecule has 0 radical (unpaired) electrons. The lowest BCUT2D eigenvalue weighted by Crippen LogP contribution is -2.37. The van der Waals surface area contributed by atoms with Gasteiger partial charge in [-0.25, -0.2) is 0 Å². The Morgan fingerprint density at radius 1 is 1.08 bits per heavy atom. The fourth-order valence-electron chi connectivity index (χ4n) is 3.77. The van der Waals surface area contributed by atoms with E-state index in [0.29, 0.717) is 6.42 Å². The largest absolute Gasteiger partial charge is 0.369 e. The highest BCUT2D eigenvalue weighted by molar-refractivity contribution is 7.16. The summed E-state index contributed by atoms with van der Waals surface area (Å²) in [4.78, 5) is 29.4. The van der Waals surface area contributed by atoms with Crippen molar-refractivity contribution in [2.45, 2.75) is 45.1 Å². The number of carbonyl (C=O) groups is 2. The molecule has 0 atom stereocenters. The first-order chi connectivity index (χ1) is 12.6. The Balaban J connectivity index is 1.38. The van der Waals surface area contributed by atoms with E-state index in [2.05, 4.69) is 21.2 Å². The van der Waals surface area contributed by atoms with Gasteiger partial charge in [0.15, 0.2) is 0 Å². The van der Waals surface area contributed by atoms with E-state index in [1.807, 2.05) is 6.07 Å². The lowest BCUT2D eigenvalue weighted by molar-refractivity contribution is -0.123.